The summed E-state index contributed by atoms with van der Waals surface area (Å²) < 4.78 is 0. The minimum absolute atomic E-state index is 0.0215. The van der Waals surface area contributed by atoms with Crippen molar-refractivity contribution in [1.82, 2.24) is 4.90 Å². The molecule has 4 heteroatoms. The number of amides is 1. The van der Waals surface area contributed by atoms with Crippen LogP contribution in [0, 0.1) is 5.92 Å². The van der Waals surface area contributed by atoms with Crippen LogP contribution in [0.1, 0.15) is 45.4 Å². The first-order valence-corrected chi connectivity index (χ1v) is 6.75. The van der Waals surface area contributed by atoms with Crippen molar-refractivity contribution in [3.05, 3.63) is 12.2 Å². The zero-order chi connectivity index (χ0) is 13.2. The summed E-state index contributed by atoms with van der Waals surface area (Å²) in [7, 11) is 0. The van der Waals surface area contributed by atoms with E-state index in [1.165, 1.54) is 0 Å². The molecule has 1 fully saturated rings. The quantitative estimate of drug-likeness (QED) is 0.765. The topological polar surface area (TPSA) is 57.6 Å². The fourth-order valence-electron chi connectivity index (χ4n) is 2.93. The van der Waals surface area contributed by atoms with E-state index < -0.39 is 11.5 Å². The molecule has 18 heavy (non-hydrogen) atoms. The van der Waals surface area contributed by atoms with Gasteiger partial charge in [0.15, 0.2) is 0 Å². The molecule has 0 aromatic rings. The number of likely N-dealkylation sites (tertiary alicyclic amines) is 1. The number of piperidine rings is 1. The molecule has 4 nitrogen and oxygen atoms in total. The lowest BCUT2D eigenvalue weighted by molar-refractivity contribution is -0.163. The van der Waals surface area contributed by atoms with Crippen LogP contribution < -0.4 is 0 Å². The number of hydrogen-bond donors (Lipinski definition) is 1. The molecule has 0 aromatic carbocycles. The molecule has 0 saturated carbocycles. The number of hydrogen-bond acceptors (Lipinski definition) is 2. The molecule has 1 aliphatic heterocycles. The number of carbonyl (C=O) groups excluding carboxylic acids is 1. The van der Waals surface area contributed by atoms with E-state index >= 15 is 0 Å². The summed E-state index contributed by atoms with van der Waals surface area (Å²) in [4.78, 5) is 25.6. The standard InChI is InChI=1S/C14H21NO3/c1-14(13(17)18)9-5-6-10-15(14)12(16)11-7-3-2-4-8-11/h2-3,11H,4-10H2,1H3,(H,17,18). The van der Waals surface area contributed by atoms with Crippen LogP contribution in [-0.4, -0.2) is 34.0 Å². The number of allylic oxidation sites excluding steroid dienone is 2. The third kappa shape index (κ3) is 2.28. The lowest BCUT2D eigenvalue weighted by Crippen LogP contribution is -2.58. The van der Waals surface area contributed by atoms with Crippen molar-refractivity contribution in [2.75, 3.05) is 6.54 Å². The number of carboxylic acid groups (broad SMARTS) is 1. The van der Waals surface area contributed by atoms with Gasteiger partial charge in [0.2, 0.25) is 5.91 Å². The van der Waals surface area contributed by atoms with Gasteiger partial charge in [0, 0.05) is 12.5 Å². The maximum atomic E-state index is 12.5. The Kier molecular flexibility index (Phi) is 3.73. The average Bonchev–Trinajstić information content (AvgIpc) is 2.39. The molecule has 2 rings (SSSR count). The number of carbonyl (C=O) groups is 2. The van der Waals surface area contributed by atoms with Crippen LogP contribution in [0.2, 0.25) is 0 Å². The largest absolute Gasteiger partial charge is 0.480 e. The molecule has 2 aliphatic rings. The Hall–Kier alpha value is -1.32. The van der Waals surface area contributed by atoms with Crippen molar-refractivity contribution in [2.24, 2.45) is 5.92 Å². The molecule has 1 aliphatic carbocycles. The van der Waals surface area contributed by atoms with E-state index in [-0.39, 0.29) is 11.8 Å². The summed E-state index contributed by atoms with van der Waals surface area (Å²) in [5.41, 5.74) is -1.00. The molecular formula is C14H21NO3. The fraction of sp³-hybridized carbons (Fsp3) is 0.714. The lowest BCUT2D eigenvalue weighted by Gasteiger charge is -2.43. The van der Waals surface area contributed by atoms with Crippen molar-refractivity contribution in [3.8, 4) is 0 Å². The Balaban J connectivity index is 2.16. The van der Waals surface area contributed by atoms with Gasteiger partial charge in [-0.15, -0.1) is 0 Å². The number of carboxylic acids is 1. The van der Waals surface area contributed by atoms with Crippen molar-refractivity contribution >= 4 is 11.9 Å². The molecule has 100 valence electrons. The third-order valence-electron chi connectivity index (χ3n) is 4.24. The predicted molar refractivity (Wildman–Crippen MR) is 68.1 cm³/mol. The molecular weight excluding hydrogens is 230 g/mol. The van der Waals surface area contributed by atoms with Crippen molar-refractivity contribution in [3.63, 3.8) is 0 Å². The molecule has 0 aromatic heterocycles. The molecule has 1 heterocycles. The number of nitrogens with zero attached hydrogens (tertiary/aromatic N) is 1. The summed E-state index contributed by atoms with van der Waals surface area (Å²) in [6.45, 7) is 2.27. The highest BCUT2D eigenvalue weighted by Gasteiger charge is 2.45. The molecule has 2 atom stereocenters. The van der Waals surface area contributed by atoms with E-state index in [2.05, 4.69) is 6.08 Å². The summed E-state index contributed by atoms with van der Waals surface area (Å²) >= 11 is 0. The van der Waals surface area contributed by atoms with Crippen LogP contribution in [0.25, 0.3) is 0 Å². The van der Waals surface area contributed by atoms with E-state index in [0.717, 1.165) is 32.1 Å². The fourth-order valence-corrected chi connectivity index (χ4v) is 2.93. The minimum atomic E-state index is -1.00. The van der Waals surface area contributed by atoms with Gasteiger partial charge in [-0.3, -0.25) is 4.79 Å². The van der Waals surface area contributed by atoms with Gasteiger partial charge in [-0.1, -0.05) is 12.2 Å². The van der Waals surface area contributed by atoms with E-state index in [0.29, 0.717) is 13.0 Å². The minimum Gasteiger partial charge on any atom is -0.480 e. The maximum absolute atomic E-state index is 12.5. The lowest BCUT2D eigenvalue weighted by atomic mass is 9.85. The average molecular weight is 251 g/mol. The van der Waals surface area contributed by atoms with Crippen molar-refractivity contribution in [2.45, 2.75) is 51.0 Å². The van der Waals surface area contributed by atoms with Crippen LogP contribution in [0.4, 0.5) is 0 Å². The molecule has 0 spiro atoms. The highest BCUT2D eigenvalue weighted by Crippen LogP contribution is 2.32. The molecule has 1 amide bonds. The van der Waals surface area contributed by atoms with E-state index in [1.54, 1.807) is 11.8 Å². The zero-order valence-corrected chi connectivity index (χ0v) is 10.9. The number of aliphatic carboxylic acids is 1. The second-order valence-electron chi connectivity index (χ2n) is 5.51. The highest BCUT2D eigenvalue weighted by atomic mass is 16.4. The van der Waals surface area contributed by atoms with Gasteiger partial charge in [0.05, 0.1) is 0 Å². The predicted octanol–water partition coefficient (Wildman–Crippen LogP) is 2.20. The van der Waals surface area contributed by atoms with Crippen LogP contribution in [0.3, 0.4) is 0 Å². The normalized spacial score (nSPS) is 32.3. The monoisotopic (exact) mass is 251 g/mol. The Morgan fingerprint density at radius 2 is 2.11 bits per heavy atom. The van der Waals surface area contributed by atoms with Crippen molar-refractivity contribution in [1.29, 1.82) is 0 Å². The van der Waals surface area contributed by atoms with Crippen LogP contribution in [0.5, 0.6) is 0 Å². The second-order valence-corrected chi connectivity index (χ2v) is 5.51. The van der Waals surface area contributed by atoms with Crippen LogP contribution >= 0.6 is 0 Å². The SMILES string of the molecule is CC1(C(=O)O)CCCCN1C(=O)C1CC=CCC1. The second kappa shape index (κ2) is 5.12. The van der Waals surface area contributed by atoms with Gasteiger partial charge >= 0.3 is 5.97 Å². The highest BCUT2D eigenvalue weighted by molar-refractivity contribution is 5.88. The molecule has 1 N–H and O–H groups in total. The number of rotatable bonds is 2. The van der Waals surface area contributed by atoms with E-state index in [9.17, 15) is 14.7 Å². The van der Waals surface area contributed by atoms with Crippen LogP contribution in [-0.2, 0) is 9.59 Å². The summed E-state index contributed by atoms with van der Waals surface area (Å²) in [6, 6.07) is 0. The van der Waals surface area contributed by atoms with Crippen molar-refractivity contribution < 1.29 is 14.7 Å². The Morgan fingerprint density at radius 1 is 1.33 bits per heavy atom. The smallest absolute Gasteiger partial charge is 0.329 e. The van der Waals surface area contributed by atoms with E-state index in [1.807, 2.05) is 6.08 Å². The van der Waals surface area contributed by atoms with Gasteiger partial charge in [-0.25, -0.2) is 4.79 Å². The molecule has 0 radical (unpaired) electrons. The molecule has 1 saturated heterocycles. The Morgan fingerprint density at radius 3 is 2.72 bits per heavy atom. The Labute approximate surface area is 108 Å². The molecule has 2 unspecified atom stereocenters. The summed E-state index contributed by atoms with van der Waals surface area (Å²) in [5, 5.41) is 9.41. The Bertz CT molecular complexity index is 377. The third-order valence-corrected chi connectivity index (χ3v) is 4.24. The van der Waals surface area contributed by atoms with Gasteiger partial charge < -0.3 is 10.0 Å². The van der Waals surface area contributed by atoms with E-state index in [4.69, 9.17) is 0 Å². The summed E-state index contributed by atoms with van der Waals surface area (Å²) in [5.74, 6) is -0.863. The van der Waals surface area contributed by atoms with Gasteiger partial charge in [0.1, 0.15) is 5.54 Å². The van der Waals surface area contributed by atoms with Crippen LogP contribution in [0.15, 0.2) is 12.2 Å². The first kappa shape index (κ1) is 13.1. The zero-order valence-electron chi connectivity index (χ0n) is 10.9. The van der Waals surface area contributed by atoms with Gasteiger partial charge in [-0.2, -0.15) is 0 Å². The maximum Gasteiger partial charge on any atom is 0.329 e. The summed E-state index contributed by atoms with van der Waals surface area (Å²) in [6.07, 6.45) is 9.02. The first-order valence-electron chi connectivity index (χ1n) is 6.75. The molecule has 0 bridgehead atoms. The first-order chi connectivity index (χ1) is 8.55. The van der Waals surface area contributed by atoms with Gasteiger partial charge in [0.25, 0.3) is 0 Å². The van der Waals surface area contributed by atoms with Gasteiger partial charge in [-0.05, 0) is 45.4 Å².